The van der Waals surface area contributed by atoms with Crippen molar-refractivity contribution in [1.29, 1.82) is 0 Å². The fourth-order valence-electron chi connectivity index (χ4n) is 3.61. The zero-order valence-corrected chi connectivity index (χ0v) is 18.1. The third-order valence-electron chi connectivity index (χ3n) is 5.30. The van der Waals surface area contributed by atoms with Gasteiger partial charge in [-0.3, -0.25) is 0 Å². The maximum Gasteiger partial charge on any atom is 0.179 e. The normalized spacial score (nSPS) is 15.9. The average molecular weight is 414 g/mol. The van der Waals surface area contributed by atoms with Crippen molar-refractivity contribution in [2.45, 2.75) is 31.1 Å². The molecule has 1 aliphatic heterocycles. The van der Waals surface area contributed by atoms with Crippen LogP contribution in [-0.2, 0) is 15.3 Å². The molecule has 0 aliphatic carbocycles. The Kier molecular flexibility index (Phi) is 4.77. The lowest BCUT2D eigenvalue weighted by Crippen LogP contribution is -2.47. The Morgan fingerprint density at radius 2 is 1.66 bits per heavy atom. The van der Waals surface area contributed by atoms with Crippen LogP contribution in [-0.4, -0.2) is 55.2 Å². The van der Waals surface area contributed by atoms with Gasteiger partial charge in [-0.15, -0.1) is 0 Å². The Morgan fingerprint density at radius 3 is 2.31 bits per heavy atom. The molecule has 1 fully saturated rings. The fourth-order valence-corrected chi connectivity index (χ4v) is 4.45. The summed E-state index contributed by atoms with van der Waals surface area (Å²) in [4.78, 5) is 13.7. The molecule has 0 bridgehead atoms. The van der Waals surface area contributed by atoms with Gasteiger partial charge in [0, 0.05) is 56.4 Å². The molecule has 1 aliphatic rings. The first-order valence-corrected chi connectivity index (χ1v) is 11.7. The van der Waals surface area contributed by atoms with Crippen LogP contribution in [0.4, 0.5) is 11.5 Å². The third-order valence-corrected chi connectivity index (χ3v) is 6.42. The summed E-state index contributed by atoms with van der Waals surface area (Å²) in [5.41, 5.74) is 3.17. The standard InChI is InChI=1S/C21H27N5O2S/c1-21(2,3)18-15-26-14-16(7-8-19(26)23-18)24-10-12-25(13-11-24)20-17(29(4,27)28)6-5-9-22-20/h5-9,14-15H,10-13H2,1-4H3. The van der Waals surface area contributed by atoms with Crippen LogP contribution in [0.25, 0.3) is 5.65 Å². The van der Waals surface area contributed by atoms with Crippen molar-refractivity contribution in [2.24, 2.45) is 0 Å². The van der Waals surface area contributed by atoms with Crippen LogP contribution in [0.15, 0.2) is 47.8 Å². The zero-order valence-electron chi connectivity index (χ0n) is 17.3. The molecule has 0 N–H and O–H groups in total. The topological polar surface area (TPSA) is 70.8 Å². The van der Waals surface area contributed by atoms with Crippen molar-refractivity contribution in [2.75, 3.05) is 42.2 Å². The van der Waals surface area contributed by atoms with E-state index in [2.05, 4.69) is 64.5 Å². The van der Waals surface area contributed by atoms with E-state index < -0.39 is 9.84 Å². The minimum absolute atomic E-state index is 0.0117. The lowest BCUT2D eigenvalue weighted by Gasteiger charge is -2.37. The summed E-state index contributed by atoms with van der Waals surface area (Å²) in [6.45, 7) is 9.52. The van der Waals surface area contributed by atoms with Gasteiger partial charge in [-0.25, -0.2) is 18.4 Å². The Hall–Kier alpha value is -2.61. The van der Waals surface area contributed by atoms with Crippen LogP contribution in [0.1, 0.15) is 26.5 Å². The van der Waals surface area contributed by atoms with E-state index in [0.717, 1.165) is 43.2 Å². The summed E-state index contributed by atoms with van der Waals surface area (Å²) < 4.78 is 26.3. The summed E-state index contributed by atoms with van der Waals surface area (Å²) in [7, 11) is -3.31. The molecule has 7 nitrogen and oxygen atoms in total. The Bertz CT molecular complexity index is 1140. The van der Waals surface area contributed by atoms with Crippen molar-refractivity contribution in [3.8, 4) is 0 Å². The van der Waals surface area contributed by atoms with Crippen molar-refractivity contribution in [3.05, 3.63) is 48.5 Å². The summed E-state index contributed by atoms with van der Waals surface area (Å²) in [5.74, 6) is 0.550. The van der Waals surface area contributed by atoms with Crippen LogP contribution in [0.5, 0.6) is 0 Å². The molecule has 0 atom stereocenters. The molecule has 0 aromatic carbocycles. The summed E-state index contributed by atoms with van der Waals surface area (Å²) in [6.07, 6.45) is 7.10. The minimum atomic E-state index is -3.31. The molecule has 0 saturated carbocycles. The molecule has 154 valence electrons. The van der Waals surface area contributed by atoms with Crippen LogP contribution >= 0.6 is 0 Å². The average Bonchev–Trinajstić information content (AvgIpc) is 3.11. The Morgan fingerprint density at radius 1 is 0.966 bits per heavy atom. The van der Waals surface area contributed by atoms with Gasteiger partial charge < -0.3 is 14.2 Å². The number of pyridine rings is 2. The van der Waals surface area contributed by atoms with E-state index in [1.54, 1.807) is 18.3 Å². The molecule has 0 spiro atoms. The van der Waals surface area contributed by atoms with Crippen molar-refractivity contribution in [3.63, 3.8) is 0 Å². The minimum Gasteiger partial charge on any atom is -0.367 e. The third kappa shape index (κ3) is 3.94. The van der Waals surface area contributed by atoms with Gasteiger partial charge >= 0.3 is 0 Å². The molecule has 3 aromatic heterocycles. The molecule has 3 aromatic rings. The number of aromatic nitrogens is 3. The predicted molar refractivity (Wildman–Crippen MR) is 116 cm³/mol. The Balaban J connectivity index is 1.53. The first-order valence-electron chi connectivity index (χ1n) is 9.77. The molecule has 29 heavy (non-hydrogen) atoms. The number of fused-ring (bicyclic) bond motifs is 1. The molecule has 8 heteroatoms. The van der Waals surface area contributed by atoms with Gasteiger partial charge in [0.25, 0.3) is 0 Å². The number of sulfone groups is 1. The number of nitrogens with zero attached hydrogens (tertiary/aromatic N) is 5. The van der Waals surface area contributed by atoms with E-state index in [1.165, 1.54) is 6.26 Å². The highest BCUT2D eigenvalue weighted by atomic mass is 32.2. The van der Waals surface area contributed by atoms with Gasteiger partial charge in [-0.2, -0.15) is 0 Å². The molecule has 4 heterocycles. The molecular weight excluding hydrogens is 386 g/mol. The first-order chi connectivity index (χ1) is 13.6. The van der Waals surface area contributed by atoms with E-state index in [0.29, 0.717) is 10.7 Å². The lowest BCUT2D eigenvalue weighted by molar-refractivity contribution is 0.573. The second-order valence-electron chi connectivity index (χ2n) is 8.60. The highest BCUT2D eigenvalue weighted by Gasteiger charge is 2.24. The number of piperazine rings is 1. The Labute approximate surface area is 171 Å². The van der Waals surface area contributed by atoms with Crippen LogP contribution in [0.2, 0.25) is 0 Å². The second-order valence-corrected chi connectivity index (χ2v) is 10.6. The zero-order chi connectivity index (χ0) is 20.8. The number of hydrogen-bond donors (Lipinski definition) is 0. The van der Waals surface area contributed by atoms with E-state index >= 15 is 0 Å². The summed E-state index contributed by atoms with van der Waals surface area (Å²) in [5, 5.41) is 0. The number of rotatable bonds is 3. The number of anilines is 2. The molecule has 0 unspecified atom stereocenters. The van der Waals surface area contributed by atoms with Gasteiger partial charge in [-0.1, -0.05) is 20.8 Å². The molecule has 0 radical (unpaired) electrons. The monoisotopic (exact) mass is 413 g/mol. The highest BCUT2D eigenvalue weighted by molar-refractivity contribution is 7.90. The van der Waals surface area contributed by atoms with E-state index in [9.17, 15) is 8.42 Å². The first kappa shape index (κ1) is 19.7. The number of hydrogen-bond acceptors (Lipinski definition) is 6. The van der Waals surface area contributed by atoms with E-state index in [1.807, 2.05) is 0 Å². The van der Waals surface area contributed by atoms with Crippen molar-refractivity contribution < 1.29 is 8.42 Å². The van der Waals surface area contributed by atoms with E-state index in [-0.39, 0.29) is 5.41 Å². The van der Waals surface area contributed by atoms with Crippen molar-refractivity contribution in [1.82, 2.24) is 14.4 Å². The predicted octanol–water partition coefficient (Wildman–Crippen LogP) is 2.76. The molecular formula is C21H27N5O2S. The van der Waals surface area contributed by atoms with Crippen LogP contribution in [0.3, 0.4) is 0 Å². The maximum atomic E-state index is 12.1. The van der Waals surface area contributed by atoms with Gasteiger partial charge in [0.2, 0.25) is 0 Å². The van der Waals surface area contributed by atoms with Crippen molar-refractivity contribution >= 4 is 27.0 Å². The molecule has 1 saturated heterocycles. The van der Waals surface area contributed by atoms with E-state index in [4.69, 9.17) is 4.98 Å². The molecule has 4 rings (SSSR count). The number of imidazole rings is 1. The van der Waals surface area contributed by atoms with Gasteiger partial charge in [0.05, 0.1) is 11.4 Å². The van der Waals surface area contributed by atoms with Crippen LogP contribution in [0, 0.1) is 0 Å². The fraction of sp³-hybridized carbons (Fsp3) is 0.429. The maximum absolute atomic E-state index is 12.1. The van der Waals surface area contributed by atoms with Crippen LogP contribution < -0.4 is 9.80 Å². The lowest BCUT2D eigenvalue weighted by atomic mass is 9.93. The second kappa shape index (κ2) is 7.02. The summed E-state index contributed by atoms with van der Waals surface area (Å²) in [6, 6.07) is 7.46. The van der Waals surface area contributed by atoms with Gasteiger partial charge in [-0.05, 0) is 24.3 Å². The smallest absolute Gasteiger partial charge is 0.179 e. The molecule has 0 amide bonds. The largest absolute Gasteiger partial charge is 0.367 e. The highest BCUT2D eigenvalue weighted by Crippen LogP contribution is 2.26. The summed E-state index contributed by atoms with van der Waals surface area (Å²) >= 11 is 0. The quantitative estimate of drug-likeness (QED) is 0.658. The van der Waals surface area contributed by atoms with Gasteiger partial charge in [0.15, 0.2) is 9.84 Å². The van der Waals surface area contributed by atoms with Gasteiger partial charge in [0.1, 0.15) is 16.4 Å². The SMILES string of the molecule is CC(C)(C)c1cn2cc(N3CCN(c4ncccc4S(C)(=O)=O)CC3)ccc2n1.